The van der Waals surface area contributed by atoms with Gasteiger partial charge in [-0.2, -0.15) is 0 Å². The first-order chi connectivity index (χ1) is 12.9. The lowest BCUT2D eigenvalue weighted by Gasteiger charge is -2.29. The quantitative estimate of drug-likeness (QED) is 0.699. The highest BCUT2D eigenvalue weighted by Crippen LogP contribution is 2.19. The van der Waals surface area contributed by atoms with E-state index in [0.717, 1.165) is 16.0 Å². The minimum atomic E-state index is -0.531. The van der Waals surface area contributed by atoms with E-state index in [4.69, 9.17) is 0 Å². The van der Waals surface area contributed by atoms with Crippen LogP contribution < -0.4 is 5.32 Å². The minimum Gasteiger partial charge on any atom is -0.352 e. The minimum absolute atomic E-state index is 0.0366. The Hall–Kier alpha value is -2.27. The van der Waals surface area contributed by atoms with E-state index in [1.165, 1.54) is 11.8 Å². The SMILES string of the molecule is Cc1cccc(CN(C(=O)CSc2ccccc2)C(C)C(=O)NC(C)C)c1. The molecule has 0 spiro atoms. The van der Waals surface area contributed by atoms with Gasteiger partial charge in [0.2, 0.25) is 11.8 Å². The lowest BCUT2D eigenvalue weighted by atomic mass is 10.1. The average molecular weight is 385 g/mol. The maximum Gasteiger partial charge on any atom is 0.242 e. The summed E-state index contributed by atoms with van der Waals surface area (Å²) < 4.78 is 0. The van der Waals surface area contributed by atoms with Gasteiger partial charge in [-0.05, 0) is 45.4 Å². The van der Waals surface area contributed by atoms with Crippen molar-refractivity contribution in [1.29, 1.82) is 0 Å². The Morgan fingerprint density at radius 2 is 1.74 bits per heavy atom. The lowest BCUT2D eigenvalue weighted by molar-refractivity contribution is -0.138. The van der Waals surface area contributed by atoms with Crippen LogP contribution in [0, 0.1) is 6.92 Å². The summed E-state index contributed by atoms with van der Waals surface area (Å²) in [6, 6.07) is 17.4. The van der Waals surface area contributed by atoms with Gasteiger partial charge < -0.3 is 10.2 Å². The Bertz CT molecular complexity index is 762. The number of carbonyl (C=O) groups is 2. The van der Waals surface area contributed by atoms with Gasteiger partial charge in [-0.15, -0.1) is 11.8 Å². The molecule has 1 N–H and O–H groups in total. The molecule has 0 heterocycles. The van der Waals surface area contributed by atoms with Crippen molar-refractivity contribution >= 4 is 23.6 Å². The van der Waals surface area contributed by atoms with E-state index in [2.05, 4.69) is 11.4 Å². The molecule has 0 radical (unpaired) electrons. The Kier molecular flexibility index (Phi) is 7.92. The number of hydrogen-bond acceptors (Lipinski definition) is 3. The van der Waals surface area contributed by atoms with Crippen LogP contribution in [0.2, 0.25) is 0 Å². The second-order valence-electron chi connectivity index (χ2n) is 6.95. The molecule has 0 aliphatic carbocycles. The molecule has 0 saturated carbocycles. The van der Waals surface area contributed by atoms with E-state index in [0.29, 0.717) is 12.3 Å². The maximum absolute atomic E-state index is 13.0. The fourth-order valence-electron chi connectivity index (χ4n) is 2.74. The zero-order valence-electron chi connectivity index (χ0n) is 16.4. The van der Waals surface area contributed by atoms with Gasteiger partial charge in [-0.1, -0.05) is 48.0 Å². The molecule has 2 rings (SSSR count). The first-order valence-corrected chi connectivity index (χ1v) is 10.2. The van der Waals surface area contributed by atoms with Gasteiger partial charge in [0.15, 0.2) is 0 Å². The highest BCUT2D eigenvalue weighted by Gasteiger charge is 2.26. The van der Waals surface area contributed by atoms with Crippen LogP contribution in [0.4, 0.5) is 0 Å². The fourth-order valence-corrected chi connectivity index (χ4v) is 3.55. The predicted molar refractivity (Wildman–Crippen MR) is 112 cm³/mol. The van der Waals surface area contributed by atoms with Crippen molar-refractivity contribution in [2.24, 2.45) is 0 Å². The summed E-state index contributed by atoms with van der Waals surface area (Å²) >= 11 is 1.49. The van der Waals surface area contributed by atoms with E-state index < -0.39 is 6.04 Å². The summed E-state index contributed by atoms with van der Waals surface area (Å²) in [5, 5.41) is 2.91. The third-order valence-corrected chi connectivity index (χ3v) is 5.14. The molecule has 4 nitrogen and oxygen atoms in total. The number of thioether (sulfide) groups is 1. The molecule has 2 aromatic carbocycles. The van der Waals surface area contributed by atoms with Crippen LogP contribution in [0.25, 0.3) is 0 Å². The molecule has 0 fully saturated rings. The summed E-state index contributed by atoms with van der Waals surface area (Å²) in [6.07, 6.45) is 0. The number of hydrogen-bond donors (Lipinski definition) is 1. The van der Waals surface area contributed by atoms with Crippen molar-refractivity contribution < 1.29 is 9.59 Å². The number of rotatable bonds is 8. The maximum atomic E-state index is 13.0. The number of aryl methyl sites for hydroxylation is 1. The van der Waals surface area contributed by atoms with Crippen LogP contribution in [0.3, 0.4) is 0 Å². The number of amides is 2. The van der Waals surface area contributed by atoms with Gasteiger partial charge in [0, 0.05) is 17.5 Å². The molecule has 2 amide bonds. The number of benzene rings is 2. The molecule has 0 bridgehead atoms. The molecule has 0 aliphatic heterocycles. The normalized spacial score (nSPS) is 11.9. The van der Waals surface area contributed by atoms with E-state index in [9.17, 15) is 9.59 Å². The Balaban J connectivity index is 2.14. The van der Waals surface area contributed by atoms with Crippen LogP contribution in [-0.2, 0) is 16.1 Å². The average Bonchev–Trinajstić information content (AvgIpc) is 2.64. The first kappa shape index (κ1) is 21.0. The zero-order chi connectivity index (χ0) is 19.8. The van der Waals surface area contributed by atoms with Crippen molar-refractivity contribution in [1.82, 2.24) is 10.2 Å². The highest BCUT2D eigenvalue weighted by molar-refractivity contribution is 8.00. The van der Waals surface area contributed by atoms with Crippen molar-refractivity contribution in [2.45, 2.75) is 51.2 Å². The summed E-state index contributed by atoms with van der Waals surface area (Å²) in [6.45, 7) is 8.07. The van der Waals surface area contributed by atoms with Crippen molar-refractivity contribution in [3.63, 3.8) is 0 Å². The molecule has 1 unspecified atom stereocenters. The van der Waals surface area contributed by atoms with Crippen LogP contribution in [0.1, 0.15) is 31.9 Å². The fraction of sp³-hybridized carbons (Fsp3) is 0.364. The van der Waals surface area contributed by atoms with E-state index in [1.807, 2.05) is 69.3 Å². The lowest BCUT2D eigenvalue weighted by Crippen LogP contribution is -2.49. The zero-order valence-corrected chi connectivity index (χ0v) is 17.3. The molecule has 144 valence electrons. The molecule has 5 heteroatoms. The molecular formula is C22H28N2O2S. The molecule has 27 heavy (non-hydrogen) atoms. The number of carbonyl (C=O) groups excluding carboxylic acids is 2. The van der Waals surface area contributed by atoms with Gasteiger partial charge in [0.1, 0.15) is 6.04 Å². The van der Waals surface area contributed by atoms with Gasteiger partial charge in [0.25, 0.3) is 0 Å². The van der Waals surface area contributed by atoms with Gasteiger partial charge in [0.05, 0.1) is 5.75 Å². The van der Waals surface area contributed by atoms with Crippen LogP contribution in [0.5, 0.6) is 0 Å². The molecule has 1 atom stereocenters. The Labute approximate surface area is 166 Å². The van der Waals surface area contributed by atoms with Gasteiger partial charge in [-0.25, -0.2) is 0 Å². The molecule has 0 aromatic heterocycles. The topological polar surface area (TPSA) is 49.4 Å². The molecule has 0 aliphatic rings. The summed E-state index contributed by atoms with van der Waals surface area (Å²) in [5.74, 6) is 0.127. The van der Waals surface area contributed by atoms with Crippen LogP contribution in [-0.4, -0.2) is 34.6 Å². The smallest absolute Gasteiger partial charge is 0.242 e. The van der Waals surface area contributed by atoms with E-state index in [-0.39, 0.29) is 17.9 Å². The second-order valence-corrected chi connectivity index (χ2v) is 8.00. The number of nitrogens with one attached hydrogen (secondary N) is 1. The van der Waals surface area contributed by atoms with Crippen molar-refractivity contribution in [3.05, 3.63) is 65.7 Å². The standard InChI is InChI=1S/C22H28N2O2S/c1-16(2)23-22(26)18(4)24(14-19-10-8-9-17(3)13-19)21(25)15-27-20-11-6-5-7-12-20/h5-13,16,18H,14-15H2,1-4H3,(H,23,26). The third-order valence-electron chi connectivity index (χ3n) is 4.14. The molecule has 2 aromatic rings. The Morgan fingerprint density at radius 1 is 1.04 bits per heavy atom. The summed E-state index contributed by atoms with van der Waals surface area (Å²) in [5.41, 5.74) is 2.16. The largest absolute Gasteiger partial charge is 0.352 e. The van der Waals surface area contributed by atoms with Crippen molar-refractivity contribution in [2.75, 3.05) is 5.75 Å². The van der Waals surface area contributed by atoms with Crippen molar-refractivity contribution in [3.8, 4) is 0 Å². The number of nitrogens with zero attached hydrogens (tertiary/aromatic N) is 1. The third kappa shape index (κ3) is 6.75. The van der Waals surface area contributed by atoms with Crippen LogP contribution in [0.15, 0.2) is 59.5 Å². The van der Waals surface area contributed by atoms with Gasteiger partial charge in [-0.3, -0.25) is 9.59 Å². The van der Waals surface area contributed by atoms with Crippen LogP contribution >= 0.6 is 11.8 Å². The second kappa shape index (κ2) is 10.2. The molecular weight excluding hydrogens is 356 g/mol. The van der Waals surface area contributed by atoms with Gasteiger partial charge >= 0.3 is 0 Å². The first-order valence-electron chi connectivity index (χ1n) is 9.20. The highest BCUT2D eigenvalue weighted by atomic mass is 32.2. The summed E-state index contributed by atoms with van der Waals surface area (Å²) in [4.78, 5) is 28.2. The molecule has 0 saturated heterocycles. The van der Waals surface area contributed by atoms with E-state index >= 15 is 0 Å². The Morgan fingerprint density at radius 3 is 2.37 bits per heavy atom. The van der Waals surface area contributed by atoms with E-state index in [1.54, 1.807) is 11.8 Å². The predicted octanol–water partition coefficient (Wildman–Crippen LogP) is 4.03. The monoisotopic (exact) mass is 384 g/mol. The summed E-state index contributed by atoms with van der Waals surface area (Å²) in [7, 11) is 0.